The van der Waals surface area contributed by atoms with E-state index in [1.807, 2.05) is 24.3 Å². The van der Waals surface area contributed by atoms with Crippen LogP contribution in [0.1, 0.15) is 27.7 Å². The number of hydrogen-bond donors (Lipinski definition) is 0. The second kappa shape index (κ2) is 10.9. The Bertz CT molecular complexity index is 710. The monoisotopic (exact) mass is 488 g/mol. The second-order valence-electron chi connectivity index (χ2n) is 6.32. The van der Waals surface area contributed by atoms with Crippen molar-refractivity contribution in [2.24, 2.45) is 5.16 Å². The van der Waals surface area contributed by atoms with Gasteiger partial charge >= 0.3 is 12.1 Å². The molecule has 8 heteroatoms. The highest BCUT2D eigenvalue weighted by atomic mass is 127. The highest BCUT2D eigenvalue weighted by molar-refractivity contribution is 14.1. The number of nitrogens with zero attached hydrogens (tertiary/aromatic N) is 2. The molecular formula is C19H25IN2O5. The van der Waals surface area contributed by atoms with Gasteiger partial charge in [-0.05, 0) is 68.5 Å². The molecule has 27 heavy (non-hydrogen) atoms. The van der Waals surface area contributed by atoms with Crippen molar-refractivity contribution in [1.29, 1.82) is 0 Å². The Morgan fingerprint density at radius 3 is 2.48 bits per heavy atom. The summed E-state index contributed by atoms with van der Waals surface area (Å²) in [7, 11) is 1.34. The fraction of sp³-hybridized carbons (Fsp3) is 0.421. The molecule has 0 aliphatic carbocycles. The van der Waals surface area contributed by atoms with Crippen molar-refractivity contribution in [2.75, 3.05) is 25.2 Å². The van der Waals surface area contributed by atoms with Crippen molar-refractivity contribution in [3.8, 4) is 0 Å². The van der Waals surface area contributed by atoms with Crippen LogP contribution in [0.15, 0.2) is 41.6 Å². The van der Waals surface area contributed by atoms with E-state index in [1.165, 1.54) is 18.1 Å². The van der Waals surface area contributed by atoms with E-state index in [0.717, 1.165) is 3.57 Å². The standard InChI is InChI=1S/C19H25IN2O5/c1-6-26-17(23)15(21-25-5)11-9-13-22(18(24)27-19(2,3)4)16-12-8-7-10-14(16)20/h7-12H,6,13H2,1-5H3/b11-9+,21-15+. The molecule has 1 rings (SSSR count). The number of rotatable bonds is 7. The first-order valence-corrected chi connectivity index (χ1v) is 9.47. The minimum Gasteiger partial charge on any atom is -0.461 e. The molecule has 0 N–H and O–H groups in total. The van der Waals surface area contributed by atoms with Crippen molar-refractivity contribution in [2.45, 2.75) is 33.3 Å². The molecule has 0 aliphatic rings. The van der Waals surface area contributed by atoms with Gasteiger partial charge in [0.05, 0.1) is 12.3 Å². The molecule has 0 fully saturated rings. The number of ether oxygens (including phenoxy) is 2. The average Bonchev–Trinajstić information content (AvgIpc) is 2.57. The number of hydrogen-bond acceptors (Lipinski definition) is 6. The lowest BCUT2D eigenvalue weighted by atomic mass is 10.2. The SMILES string of the molecule is CCOC(=O)C(/C=C/CN(C(=O)OC(C)(C)C)c1ccccc1I)=N/OC. The van der Waals surface area contributed by atoms with Crippen LogP contribution < -0.4 is 4.90 Å². The number of para-hydroxylation sites is 1. The van der Waals surface area contributed by atoms with E-state index in [1.54, 1.807) is 33.8 Å². The summed E-state index contributed by atoms with van der Waals surface area (Å²) in [5.41, 5.74) is 0.0805. The van der Waals surface area contributed by atoms with Gasteiger partial charge in [0.2, 0.25) is 0 Å². The molecular weight excluding hydrogens is 463 g/mol. The molecule has 0 saturated heterocycles. The number of oxime groups is 1. The number of halogens is 1. The summed E-state index contributed by atoms with van der Waals surface area (Å²) in [6, 6.07) is 7.45. The predicted molar refractivity (Wildman–Crippen MR) is 113 cm³/mol. The van der Waals surface area contributed by atoms with Crippen LogP contribution >= 0.6 is 22.6 Å². The third-order valence-electron chi connectivity index (χ3n) is 3.00. The quantitative estimate of drug-likeness (QED) is 0.250. The lowest BCUT2D eigenvalue weighted by molar-refractivity contribution is -0.135. The van der Waals surface area contributed by atoms with Crippen LogP contribution in [0.3, 0.4) is 0 Å². The smallest absolute Gasteiger partial charge is 0.415 e. The van der Waals surface area contributed by atoms with E-state index in [9.17, 15) is 9.59 Å². The first-order chi connectivity index (χ1) is 12.7. The number of anilines is 1. The van der Waals surface area contributed by atoms with Gasteiger partial charge in [0, 0.05) is 10.1 Å². The van der Waals surface area contributed by atoms with Gasteiger partial charge in [-0.2, -0.15) is 0 Å². The Kier molecular flexibility index (Phi) is 9.27. The normalized spacial score (nSPS) is 12.0. The third-order valence-corrected chi connectivity index (χ3v) is 3.91. The van der Waals surface area contributed by atoms with Gasteiger partial charge in [-0.1, -0.05) is 23.4 Å². The van der Waals surface area contributed by atoms with Gasteiger partial charge in [-0.25, -0.2) is 9.59 Å². The highest BCUT2D eigenvalue weighted by Crippen LogP contribution is 2.24. The van der Waals surface area contributed by atoms with E-state index >= 15 is 0 Å². The van der Waals surface area contributed by atoms with Crippen LogP contribution in [0, 0.1) is 3.57 Å². The maximum Gasteiger partial charge on any atom is 0.415 e. The summed E-state index contributed by atoms with van der Waals surface area (Å²) < 4.78 is 11.3. The highest BCUT2D eigenvalue weighted by Gasteiger charge is 2.24. The van der Waals surface area contributed by atoms with Crippen LogP contribution in [0.4, 0.5) is 10.5 Å². The largest absolute Gasteiger partial charge is 0.461 e. The molecule has 0 aromatic heterocycles. The first-order valence-electron chi connectivity index (χ1n) is 8.39. The zero-order valence-electron chi connectivity index (χ0n) is 16.2. The van der Waals surface area contributed by atoms with Crippen molar-refractivity contribution < 1.29 is 23.9 Å². The summed E-state index contributed by atoms with van der Waals surface area (Å²) in [6.07, 6.45) is 2.59. The van der Waals surface area contributed by atoms with Crippen LogP contribution in [-0.4, -0.2) is 43.6 Å². The Hall–Kier alpha value is -2.10. The van der Waals surface area contributed by atoms with Gasteiger partial charge < -0.3 is 14.3 Å². The van der Waals surface area contributed by atoms with Crippen molar-refractivity contribution in [1.82, 2.24) is 0 Å². The van der Waals surface area contributed by atoms with Crippen LogP contribution in [0.5, 0.6) is 0 Å². The fourth-order valence-corrected chi connectivity index (χ4v) is 2.65. The second-order valence-corrected chi connectivity index (χ2v) is 7.49. The molecule has 0 spiro atoms. The van der Waals surface area contributed by atoms with E-state index in [4.69, 9.17) is 9.47 Å². The maximum absolute atomic E-state index is 12.7. The van der Waals surface area contributed by atoms with Gasteiger partial charge in [0.15, 0.2) is 5.71 Å². The predicted octanol–water partition coefficient (Wildman–Crippen LogP) is 4.15. The van der Waals surface area contributed by atoms with Crippen LogP contribution in [-0.2, 0) is 19.1 Å². The van der Waals surface area contributed by atoms with E-state index in [-0.39, 0.29) is 18.9 Å². The minimum atomic E-state index is -0.632. The summed E-state index contributed by atoms with van der Waals surface area (Å²) in [5, 5.41) is 3.65. The molecule has 1 aromatic rings. The summed E-state index contributed by atoms with van der Waals surface area (Å²) >= 11 is 2.15. The fourth-order valence-electron chi connectivity index (χ4n) is 1.97. The molecule has 148 valence electrons. The molecule has 1 amide bonds. The molecule has 0 saturated carbocycles. The molecule has 0 radical (unpaired) electrons. The van der Waals surface area contributed by atoms with Gasteiger partial charge in [-0.15, -0.1) is 0 Å². The first kappa shape index (κ1) is 22.9. The van der Waals surface area contributed by atoms with Crippen molar-refractivity contribution >= 4 is 46.1 Å². The lowest BCUT2D eigenvalue weighted by Gasteiger charge is -2.27. The summed E-state index contributed by atoms with van der Waals surface area (Å²) in [4.78, 5) is 30.7. The zero-order chi connectivity index (χ0) is 20.4. The Morgan fingerprint density at radius 2 is 1.93 bits per heavy atom. The van der Waals surface area contributed by atoms with Gasteiger partial charge in [0.25, 0.3) is 0 Å². The Balaban J connectivity index is 3.07. The minimum absolute atomic E-state index is 0.00578. The van der Waals surface area contributed by atoms with E-state index < -0.39 is 17.7 Å². The Labute approximate surface area is 173 Å². The third kappa shape index (κ3) is 7.98. The molecule has 0 aliphatic heterocycles. The summed E-state index contributed by atoms with van der Waals surface area (Å²) in [6.45, 7) is 7.52. The molecule has 1 aromatic carbocycles. The van der Waals surface area contributed by atoms with Crippen LogP contribution in [0.25, 0.3) is 0 Å². The molecule has 7 nitrogen and oxygen atoms in total. The lowest BCUT2D eigenvalue weighted by Crippen LogP contribution is -2.37. The number of amides is 1. The number of benzene rings is 1. The zero-order valence-corrected chi connectivity index (χ0v) is 18.3. The maximum atomic E-state index is 12.7. The van der Waals surface area contributed by atoms with Crippen molar-refractivity contribution in [3.05, 3.63) is 40.0 Å². The molecule has 0 atom stereocenters. The number of esters is 1. The van der Waals surface area contributed by atoms with E-state index in [0.29, 0.717) is 5.69 Å². The van der Waals surface area contributed by atoms with Crippen LogP contribution in [0.2, 0.25) is 0 Å². The summed E-state index contributed by atoms with van der Waals surface area (Å²) in [5.74, 6) is -0.603. The Morgan fingerprint density at radius 1 is 1.26 bits per heavy atom. The van der Waals surface area contributed by atoms with Gasteiger partial charge in [0.1, 0.15) is 12.7 Å². The average molecular weight is 488 g/mol. The molecule has 0 unspecified atom stereocenters. The van der Waals surface area contributed by atoms with Crippen molar-refractivity contribution in [3.63, 3.8) is 0 Å². The molecule has 0 heterocycles. The number of carbonyl (C=O) groups is 2. The number of carbonyl (C=O) groups excluding carboxylic acids is 2. The topological polar surface area (TPSA) is 77.4 Å². The molecule has 0 bridgehead atoms. The van der Waals surface area contributed by atoms with Gasteiger partial charge in [-0.3, -0.25) is 4.90 Å². The van der Waals surface area contributed by atoms with E-state index in [2.05, 4.69) is 32.6 Å².